The second-order valence-electron chi connectivity index (χ2n) is 1.88. The summed E-state index contributed by atoms with van der Waals surface area (Å²) in [5.74, 6) is 0.863. The van der Waals surface area contributed by atoms with E-state index in [0.29, 0.717) is 11.7 Å². The lowest BCUT2D eigenvalue weighted by Gasteiger charge is -1.99. The van der Waals surface area contributed by atoms with Gasteiger partial charge in [-0.1, -0.05) is 13.8 Å². The average Bonchev–Trinajstić information content (AvgIpc) is 2.13. The molecule has 0 atom stereocenters. The summed E-state index contributed by atoms with van der Waals surface area (Å²) >= 11 is 0. The number of aryl methyl sites for hydroxylation is 1. The van der Waals surface area contributed by atoms with Gasteiger partial charge in [0.05, 0.1) is 19.0 Å². The third-order valence-corrected chi connectivity index (χ3v) is 1.18. The molecule has 4 nitrogen and oxygen atoms in total. The van der Waals surface area contributed by atoms with E-state index in [9.17, 15) is 0 Å². The minimum Gasteiger partial charge on any atom is -0.480 e. The molecule has 0 saturated heterocycles. The average molecular weight is 169 g/mol. The van der Waals surface area contributed by atoms with Gasteiger partial charge < -0.3 is 10.5 Å². The molecular weight excluding hydrogens is 154 g/mol. The topological polar surface area (TPSA) is 61.0 Å². The predicted molar refractivity (Wildman–Crippen MR) is 49.1 cm³/mol. The van der Waals surface area contributed by atoms with Crippen LogP contribution in [0.1, 0.15) is 19.5 Å². The number of hydrogen-bond donors (Lipinski definition) is 1. The fourth-order valence-electron chi connectivity index (χ4n) is 0.545. The van der Waals surface area contributed by atoms with E-state index in [1.807, 2.05) is 13.8 Å². The van der Waals surface area contributed by atoms with Gasteiger partial charge in [-0.25, -0.2) is 0 Å². The zero-order valence-electron chi connectivity index (χ0n) is 7.96. The molecule has 0 aliphatic heterocycles. The maximum absolute atomic E-state index is 5.44. The number of anilines is 1. The van der Waals surface area contributed by atoms with E-state index in [-0.39, 0.29) is 0 Å². The highest BCUT2D eigenvalue weighted by molar-refractivity contribution is 5.34. The first kappa shape index (κ1) is 10.7. The maximum atomic E-state index is 5.44. The third kappa shape index (κ3) is 2.74. The molecule has 0 saturated carbocycles. The Labute approximate surface area is 72.8 Å². The molecule has 4 heteroatoms. The van der Waals surface area contributed by atoms with E-state index in [4.69, 9.17) is 10.5 Å². The Hall–Kier alpha value is -1.32. The molecule has 1 aromatic rings. The summed E-state index contributed by atoms with van der Waals surface area (Å²) in [5, 5.41) is 0. The van der Waals surface area contributed by atoms with Crippen LogP contribution in [0.3, 0.4) is 0 Å². The van der Waals surface area contributed by atoms with Gasteiger partial charge in [0.25, 0.3) is 0 Å². The van der Waals surface area contributed by atoms with Crippen LogP contribution >= 0.6 is 0 Å². The first-order valence-electron chi connectivity index (χ1n) is 3.87. The summed E-state index contributed by atoms with van der Waals surface area (Å²) < 4.78 is 4.80. The van der Waals surface area contributed by atoms with E-state index < -0.39 is 0 Å². The van der Waals surface area contributed by atoms with Gasteiger partial charge >= 0.3 is 0 Å². The van der Waals surface area contributed by atoms with Crippen molar-refractivity contribution < 1.29 is 4.74 Å². The monoisotopic (exact) mass is 169 g/mol. The van der Waals surface area contributed by atoms with Gasteiger partial charge in [-0.3, -0.25) is 4.98 Å². The molecule has 0 fully saturated rings. The van der Waals surface area contributed by atoms with Crippen LogP contribution in [-0.4, -0.2) is 17.1 Å². The molecule has 1 aromatic heterocycles. The van der Waals surface area contributed by atoms with Crippen LogP contribution < -0.4 is 10.5 Å². The molecular formula is C8H15N3O. The summed E-state index contributed by atoms with van der Waals surface area (Å²) in [5.41, 5.74) is 6.17. The second kappa shape index (κ2) is 5.35. The van der Waals surface area contributed by atoms with Crippen LogP contribution in [-0.2, 0) is 0 Å². The minimum absolute atomic E-state index is 0.416. The highest BCUT2D eigenvalue weighted by Gasteiger charge is 1.97. The van der Waals surface area contributed by atoms with Crippen molar-refractivity contribution in [2.45, 2.75) is 20.8 Å². The van der Waals surface area contributed by atoms with E-state index in [2.05, 4.69) is 9.97 Å². The third-order valence-electron chi connectivity index (χ3n) is 1.18. The van der Waals surface area contributed by atoms with E-state index in [1.54, 1.807) is 6.92 Å². The van der Waals surface area contributed by atoms with Gasteiger partial charge in [-0.05, 0) is 6.92 Å². The van der Waals surface area contributed by atoms with Crippen LogP contribution in [0.15, 0.2) is 6.20 Å². The largest absolute Gasteiger partial charge is 0.480 e. The number of nitrogens with two attached hydrogens (primary N) is 1. The summed E-state index contributed by atoms with van der Waals surface area (Å²) in [6.45, 7) is 5.79. The summed E-state index contributed by atoms with van der Waals surface area (Å²) in [4.78, 5) is 7.82. The minimum atomic E-state index is 0.416. The van der Waals surface area contributed by atoms with Crippen molar-refractivity contribution in [2.75, 3.05) is 12.8 Å². The Balaban J connectivity index is 0.000000561. The fraction of sp³-hybridized carbons (Fsp3) is 0.500. The van der Waals surface area contributed by atoms with Gasteiger partial charge in [0.2, 0.25) is 5.88 Å². The quantitative estimate of drug-likeness (QED) is 0.690. The van der Waals surface area contributed by atoms with Crippen molar-refractivity contribution >= 4 is 5.82 Å². The predicted octanol–water partition coefficient (Wildman–Crippen LogP) is 1.40. The van der Waals surface area contributed by atoms with Gasteiger partial charge in [-0.2, -0.15) is 4.98 Å². The summed E-state index contributed by atoms with van der Waals surface area (Å²) in [6.07, 6.45) is 1.53. The number of nitrogen functional groups attached to an aromatic ring is 1. The van der Waals surface area contributed by atoms with E-state index in [0.717, 1.165) is 5.69 Å². The summed E-state index contributed by atoms with van der Waals surface area (Å²) in [6, 6.07) is 0. The Morgan fingerprint density at radius 1 is 1.42 bits per heavy atom. The molecule has 0 bridgehead atoms. The van der Waals surface area contributed by atoms with Crippen molar-refractivity contribution in [2.24, 2.45) is 0 Å². The number of rotatable bonds is 1. The standard InChI is InChI=1S/C6H9N3O.C2H6/c1-4-6(7)9-5(10-2)3-8-4;1-2/h3H,1-2H3,(H2,7,9);1-2H3. The van der Waals surface area contributed by atoms with Crippen LogP contribution in [0.4, 0.5) is 5.82 Å². The fourth-order valence-corrected chi connectivity index (χ4v) is 0.545. The molecule has 0 aliphatic rings. The lowest BCUT2D eigenvalue weighted by atomic mass is 10.5. The molecule has 1 rings (SSSR count). The number of methoxy groups -OCH3 is 1. The first-order chi connectivity index (χ1) is 5.74. The van der Waals surface area contributed by atoms with Crippen LogP contribution in [0, 0.1) is 6.92 Å². The number of aromatic nitrogens is 2. The van der Waals surface area contributed by atoms with Crippen molar-refractivity contribution in [1.82, 2.24) is 9.97 Å². The molecule has 0 aromatic carbocycles. The molecule has 12 heavy (non-hydrogen) atoms. The molecule has 0 aliphatic carbocycles. The summed E-state index contributed by atoms with van der Waals surface area (Å²) in [7, 11) is 1.53. The number of nitrogens with zero attached hydrogens (tertiary/aromatic N) is 2. The number of hydrogen-bond acceptors (Lipinski definition) is 4. The van der Waals surface area contributed by atoms with Gasteiger partial charge in [0, 0.05) is 0 Å². The van der Waals surface area contributed by atoms with Gasteiger partial charge in [-0.15, -0.1) is 0 Å². The van der Waals surface area contributed by atoms with Crippen molar-refractivity contribution in [3.8, 4) is 5.88 Å². The second-order valence-corrected chi connectivity index (χ2v) is 1.88. The van der Waals surface area contributed by atoms with Gasteiger partial charge in [0.15, 0.2) is 0 Å². The normalized spacial score (nSPS) is 8.33. The van der Waals surface area contributed by atoms with Crippen molar-refractivity contribution in [1.29, 1.82) is 0 Å². The molecule has 0 amide bonds. The van der Waals surface area contributed by atoms with Gasteiger partial charge in [0.1, 0.15) is 5.82 Å². The lowest BCUT2D eigenvalue weighted by molar-refractivity contribution is 0.396. The molecule has 1 heterocycles. The Morgan fingerprint density at radius 3 is 2.42 bits per heavy atom. The van der Waals surface area contributed by atoms with Crippen LogP contribution in [0.2, 0.25) is 0 Å². The highest BCUT2D eigenvalue weighted by atomic mass is 16.5. The zero-order valence-corrected chi connectivity index (χ0v) is 7.96. The molecule has 68 valence electrons. The molecule has 0 radical (unpaired) electrons. The molecule has 0 unspecified atom stereocenters. The first-order valence-corrected chi connectivity index (χ1v) is 3.87. The van der Waals surface area contributed by atoms with Crippen molar-refractivity contribution in [3.05, 3.63) is 11.9 Å². The van der Waals surface area contributed by atoms with Crippen molar-refractivity contribution in [3.63, 3.8) is 0 Å². The lowest BCUT2D eigenvalue weighted by Crippen LogP contribution is -1.98. The Morgan fingerprint density at radius 2 is 2.00 bits per heavy atom. The zero-order chi connectivity index (χ0) is 9.56. The van der Waals surface area contributed by atoms with E-state index >= 15 is 0 Å². The molecule has 2 N–H and O–H groups in total. The molecule has 0 spiro atoms. The maximum Gasteiger partial charge on any atom is 0.234 e. The highest BCUT2D eigenvalue weighted by Crippen LogP contribution is 2.08. The Bertz CT molecular complexity index is 238. The Kier molecular flexibility index (Phi) is 4.76. The smallest absolute Gasteiger partial charge is 0.234 e. The van der Waals surface area contributed by atoms with Crippen LogP contribution in [0.5, 0.6) is 5.88 Å². The SMILES string of the molecule is CC.COc1cnc(C)c(N)n1. The van der Waals surface area contributed by atoms with E-state index in [1.165, 1.54) is 13.3 Å². The van der Waals surface area contributed by atoms with Crippen LogP contribution in [0.25, 0.3) is 0 Å². The number of ether oxygens (including phenoxy) is 1.